The number of benzene rings is 12. The van der Waals surface area contributed by atoms with Gasteiger partial charge >= 0.3 is 0 Å². The first-order valence-corrected chi connectivity index (χ1v) is 31.1. The molecule has 0 spiro atoms. The minimum absolute atomic E-state index is 0.101. The van der Waals surface area contributed by atoms with E-state index in [4.69, 9.17) is 0 Å². The monoisotopic (exact) mass is 1120 g/mol. The maximum absolute atomic E-state index is 2.68. The topological polar surface area (TPSA) is 18.7 Å². The molecule has 0 fully saturated rings. The second-order valence-corrected chi connectivity index (χ2v) is 28.2. The summed E-state index contributed by atoms with van der Waals surface area (Å²) in [6, 6.07) is 83.7. The van der Waals surface area contributed by atoms with Crippen molar-refractivity contribution in [2.45, 2.75) is 85.5 Å². The fourth-order valence-corrected chi connectivity index (χ4v) is 15.6. The maximum atomic E-state index is 2.68. The van der Waals surface area contributed by atoms with Crippen LogP contribution in [0.3, 0.4) is 0 Å². The summed E-state index contributed by atoms with van der Waals surface area (Å²) in [5.41, 5.74) is 24.7. The molecular formula is C83H66N4. The van der Waals surface area contributed by atoms with Gasteiger partial charge in [0.15, 0.2) is 0 Å². The van der Waals surface area contributed by atoms with Crippen molar-refractivity contribution in [3.8, 4) is 33.6 Å². The zero-order valence-electron chi connectivity index (χ0n) is 51.1. The van der Waals surface area contributed by atoms with Crippen molar-refractivity contribution >= 4 is 131 Å². The summed E-state index contributed by atoms with van der Waals surface area (Å²) in [6.07, 6.45) is 0. The number of hydrogen-bond donors (Lipinski definition) is 0. The zero-order chi connectivity index (χ0) is 58.9. The van der Waals surface area contributed by atoms with E-state index in [-0.39, 0.29) is 16.2 Å². The Hall–Kier alpha value is -9.90. The quantitative estimate of drug-likeness (QED) is 0.167. The highest BCUT2D eigenvalue weighted by molar-refractivity contribution is 6.38. The summed E-state index contributed by atoms with van der Waals surface area (Å²) in [6.45, 7) is 23.7. The van der Waals surface area contributed by atoms with Crippen LogP contribution >= 0.6 is 0 Å². The molecule has 0 saturated carbocycles. The molecule has 0 saturated heterocycles. The van der Waals surface area contributed by atoms with Crippen molar-refractivity contribution < 1.29 is 0 Å². The summed E-state index contributed by atoms with van der Waals surface area (Å²) in [5.74, 6) is 0. The molecule has 0 radical (unpaired) electrons. The fraction of sp³-hybridized carbons (Fsp3) is 0.157. The average molecular weight is 1120 g/mol. The summed E-state index contributed by atoms with van der Waals surface area (Å²) >= 11 is 0. The number of rotatable bonds is 4. The second kappa shape index (κ2) is 17.2. The van der Waals surface area contributed by atoms with Gasteiger partial charge in [0.1, 0.15) is 0 Å². The van der Waals surface area contributed by atoms with Gasteiger partial charge in [-0.25, -0.2) is 0 Å². The van der Waals surface area contributed by atoms with Gasteiger partial charge < -0.3 is 17.9 Å². The lowest BCUT2D eigenvalue weighted by Crippen LogP contribution is -2.11. The van der Waals surface area contributed by atoms with Gasteiger partial charge in [-0.05, 0) is 183 Å². The first-order valence-electron chi connectivity index (χ1n) is 31.1. The number of nitrogens with zero attached hydrogens (tertiary/aromatic N) is 4. The highest BCUT2D eigenvalue weighted by Crippen LogP contribution is 2.53. The van der Waals surface area contributed by atoms with E-state index >= 15 is 0 Å². The molecule has 12 aromatic carbocycles. The summed E-state index contributed by atoms with van der Waals surface area (Å²) < 4.78 is 10.2. The van der Waals surface area contributed by atoms with Crippen LogP contribution in [-0.2, 0) is 16.2 Å². The number of aromatic nitrogens is 4. The van der Waals surface area contributed by atoms with Gasteiger partial charge in [0.05, 0.1) is 55.2 Å². The average Bonchev–Trinajstić information content (AvgIpc) is 1.52. The smallest absolute Gasteiger partial charge is 0.0621 e. The van der Waals surface area contributed by atoms with Gasteiger partial charge in [-0.15, -0.1) is 0 Å². The van der Waals surface area contributed by atoms with Crippen LogP contribution in [0.5, 0.6) is 0 Å². The lowest BCUT2D eigenvalue weighted by Gasteiger charge is -2.22. The largest absolute Gasteiger partial charge is 0.309 e. The molecule has 0 unspecified atom stereocenters. The van der Waals surface area contributed by atoms with Gasteiger partial charge in [0, 0.05) is 92.5 Å². The van der Waals surface area contributed by atoms with Crippen LogP contribution in [0, 0.1) is 6.92 Å². The summed E-state index contributed by atoms with van der Waals surface area (Å²) in [4.78, 5) is 0. The Kier molecular flexibility index (Phi) is 9.95. The molecule has 418 valence electrons. The van der Waals surface area contributed by atoms with Gasteiger partial charge in [-0.2, -0.15) is 0 Å². The van der Waals surface area contributed by atoms with E-state index in [0.29, 0.717) is 0 Å². The number of para-hydroxylation sites is 4. The number of hydrogen-bond acceptors (Lipinski definition) is 0. The van der Waals surface area contributed by atoms with E-state index in [1.165, 1.54) is 186 Å². The Morgan fingerprint density at radius 2 is 0.632 bits per heavy atom. The molecule has 0 N–H and O–H groups in total. The normalized spacial score (nSPS) is 13.2. The predicted molar refractivity (Wildman–Crippen MR) is 374 cm³/mol. The predicted octanol–water partition coefficient (Wildman–Crippen LogP) is 22.9. The Labute approximate surface area is 505 Å². The summed E-state index contributed by atoms with van der Waals surface area (Å²) in [7, 11) is 0. The van der Waals surface area contributed by atoms with E-state index in [1.54, 1.807) is 0 Å². The lowest BCUT2D eigenvalue weighted by atomic mass is 9.82. The van der Waals surface area contributed by atoms with E-state index < -0.39 is 0 Å². The Morgan fingerprint density at radius 1 is 0.264 bits per heavy atom. The molecule has 0 aliphatic carbocycles. The van der Waals surface area contributed by atoms with Crippen molar-refractivity contribution in [1.29, 1.82) is 0 Å². The van der Waals surface area contributed by atoms with Crippen LogP contribution in [0.4, 0.5) is 0 Å². The molecule has 0 bridgehead atoms. The van der Waals surface area contributed by atoms with Gasteiger partial charge in [0.25, 0.3) is 0 Å². The van der Waals surface area contributed by atoms with E-state index in [0.717, 1.165) is 0 Å². The molecule has 6 heterocycles. The molecule has 18 aromatic rings. The molecule has 4 nitrogen and oxygen atoms in total. The Balaban J connectivity index is 0.976. The van der Waals surface area contributed by atoms with E-state index in [2.05, 4.69) is 306 Å². The molecule has 0 amide bonds. The zero-order valence-corrected chi connectivity index (χ0v) is 51.1. The molecule has 87 heavy (non-hydrogen) atoms. The third-order valence-electron chi connectivity index (χ3n) is 19.8. The van der Waals surface area contributed by atoms with Crippen LogP contribution in [0.1, 0.15) is 84.6 Å². The third-order valence-corrected chi connectivity index (χ3v) is 19.8. The van der Waals surface area contributed by atoms with Crippen LogP contribution in [0.15, 0.2) is 218 Å². The highest BCUT2D eigenvalue weighted by Gasteiger charge is 2.31. The first kappa shape index (κ1) is 50.4. The molecular weight excluding hydrogens is 1050 g/mol. The Bertz CT molecular complexity index is 5980. The van der Waals surface area contributed by atoms with Crippen molar-refractivity contribution in [1.82, 2.24) is 17.9 Å². The molecule has 6 aromatic heterocycles. The van der Waals surface area contributed by atoms with Crippen LogP contribution in [0.2, 0.25) is 0 Å². The molecule has 18 rings (SSSR count). The minimum atomic E-state index is -0.116. The van der Waals surface area contributed by atoms with E-state index in [9.17, 15) is 0 Å². The maximum Gasteiger partial charge on any atom is 0.0621 e. The third kappa shape index (κ3) is 6.90. The molecule has 0 aliphatic heterocycles. The van der Waals surface area contributed by atoms with Crippen LogP contribution < -0.4 is 0 Å². The fourth-order valence-electron chi connectivity index (χ4n) is 15.6. The molecule has 0 atom stereocenters. The molecule has 0 aliphatic rings. The van der Waals surface area contributed by atoms with Crippen molar-refractivity contribution in [2.24, 2.45) is 0 Å². The minimum Gasteiger partial charge on any atom is -0.309 e. The van der Waals surface area contributed by atoms with Gasteiger partial charge in [-0.3, -0.25) is 0 Å². The van der Waals surface area contributed by atoms with Crippen molar-refractivity contribution in [3.63, 3.8) is 0 Å². The molecule has 4 heteroatoms. The highest BCUT2D eigenvalue weighted by atomic mass is 15.0. The van der Waals surface area contributed by atoms with Crippen molar-refractivity contribution in [3.05, 3.63) is 241 Å². The summed E-state index contributed by atoms with van der Waals surface area (Å²) in [5, 5.41) is 18.1. The lowest BCUT2D eigenvalue weighted by molar-refractivity contribution is 0.591. The standard InChI is InChI=1S/C83H66N4/c1-47-37-58(49-31-33-70-60(39-49)56-25-17-19-27-68(56)84(70)54-21-13-11-14-22-54)77-62(38-47)63-43-52(82(5,6)7)45-66-75-72(86(77)79(63)66)35-29-48-30-36-73-76(74(48)75)67-46-53(83(8,9)10)44-65-64-42-51(81(2,3)4)41-59(78(64)87(73)80(65)67)50-32-34-71-61(40-50)57-26-18-20-28-69(57)85(71)55-23-15-12-16-24-55/h11-46H,1-10H3. The van der Waals surface area contributed by atoms with Gasteiger partial charge in [-0.1, -0.05) is 159 Å². The van der Waals surface area contributed by atoms with E-state index in [1.807, 2.05) is 0 Å². The van der Waals surface area contributed by atoms with Crippen LogP contribution in [-0.4, -0.2) is 17.9 Å². The van der Waals surface area contributed by atoms with Crippen LogP contribution in [0.25, 0.3) is 164 Å². The van der Waals surface area contributed by atoms with Crippen molar-refractivity contribution in [2.75, 3.05) is 0 Å². The Morgan fingerprint density at radius 3 is 1.09 bits per heavy atom. The van der Waals surface area contributed by atoms with Gasteiger partial charge in [0.2, 0.25) is 0 Å². The SMILES string of the molecule is Cc1cc(-c2ccc3c(c2)c2ccccc2n3-c2ccccc2)c2c(c1)c1cc(C(C)(C)C)cc3c4c5c(ccc4n2c13)ccc1c5c2cc(C(C)(C)C)cc3c4cc(C(C)(C)C)cc(-c5ccc6c(c5)c5ccccc5n6-c5ccccc5)c4n1c32. The first-order chi connectivity index (χ1) is 42.0. The number of fused-ring (bicyclic) bond motifs is 21. The second-order valence-electron chi connectivity index (χ2n) is 28.2. The number of aryl methyl sites for hydroxylation is 1.